The summed E-state index contributed by atoms with van der Waals surface area (Å²) in [6.45, 7) is 1.39. The molecule has 2 N–H and O–H groups in total. The Labute approximate surface area is 154 Å². The van der Waals surface area contributed by atoms with Gasteiger partial charge in [0.15, 0.2) is 11.2 Å². The average Bonchev–Trinajstić information content (AvgIpc) is 3.01. The number of benzene rings is 1. The zero-order valence-electron chi connectivity index (χ0n) is 13.4. The van der Waals surface area contributed by atoms with Crippen molar-refractivity contribution in [2.45, 2.75) is 38.1 Å². The highest BCUT2D eigenvalue weighted by atomic mass is 35.5. The first-order valence-corrected chi connectivity index (χ1v) is 8.57. The van der Waals surface area contributed by atoms with E-state index in [4.69, 9.17) is 27.7 Å². The van der Waals surface area contributed by atoms with Crippen LogP contribution in [0.1, 0.15) is 47.1 Å². The Bertz CT molecular complexity index is 849. The van der Waals surface area contributed by atoms with E-state index in [0.717, 1.165) is 24.8 Å². The lowest BCUT2D eigenvalue weighted by Crippen LogP contribution is -2.49. The van der Waals surface area contributed by atoms with Crippen molar-refractivity contribution in [3.05, 3.63) is 50.8 Å². The normalized spacial score (nSPS) is 16.0. The van der Waals surface area contributed by atoms with Gasteiger partial charge in [-0.05, 0) is 43.9 Å². The highest BCUT2D eigenvalue weighted by Gasteiger charge is 2.39. The summed E-state index contributed by atoms with van der Waals surface area (Å²) >= 11 is 11.9. The Balaban J connectivity index is 1.94. The summed E-state index contributed by atoms with van der Waals surface area (Å²) in [6, 6.07) is 4.43. The summed E-state index contributed by atoms with van der Waals surface area (Å²) < 4.78 is 5.23. The molecule has 1 aromatic heterocycles. The van der Waals surface area contributed by atoms with Crippen molar-refractivity contribution in [2.24, 2.45) is 0 Å². The molecule has 132 valence electrons. The van der Waals surface area contributed by atoms with Gasteiger partial charge in [0, 0.05) is 12.0 Å². The summed E-state index contributed by atoms with van der Waals surface area (Å²) in [7, 11) is 0. The number of aliphatic carboxylic acids is 1. The minimum atomic E-state index is -1.69. The fourth-order valence-electron chi connectivity index (χ4n) is 2.91. The van der Waals surface area contributed by atoms with Crippen LogP contribution in [0, 0.1) is 0 Å². The topological polar surface area (TPSA) is 92.4 Å². The number of nitrogens with zero attached hydrogens (tertiary/aromatic N) is 1. The number of hydrogen-bond acceptors (Lipinski definition) is 4. The summed E-state index contributed by atoms with van der Waals surface area (Å²) in [5.41, 5.74) is -0.487. The number of hydrogen-bond donors (Lipinski definition) is 2. The summed E-state index contributed by atoms with van der Waals surface area (Å²) in [5, 5.41) is 16.6. The number of aromatic nitrogens is 1. The maximum atomic E-state index is 12.7. The number of rotatable bonds is 4. The molecule has 1 unspecified atom stereocenters. The molecular weight excluding hydrogens is 367 g/mol. The Morgan fingerprint density at radius 1 is 1.24 bits per heavy atom. The Hall–Kier alpha value is -2.05. The third-order valence-corrected chi connectivity index (χ3v) is 5.19. The second kappa shape index (κ2) is 6.69. The number of carboxylic acid groups (broad SMARTS) is 1. The van der Waals surface area contributed by atoms with Crippen molar-refractivity contribution in [3.63, 3.8) is 0 Å². The first kappa shape index (κ1) is 17.8. The maximum absolute atomic E-state index is 12.7. The van der Waals surface area contributed by atoms with E-state index in [1.165, 1.54) is 25.1 Å². The van der Waals surface area contributed by atoms with E-state index in [1.54, 1.807) is 0 Å². The molecule has 25 heavy (non-hydrogen) atoms. The molecule has 0 aliphatic heterocycles. The van der Waals surface area contributed by atoms with Crippen molar-refractivity contribution in [3.8, 4) is 0 Å². The number of nitrogens with one attached hydrogen (secondary N) is 1. The van der Waals surface area contributed by atoms with Gasteiger partial charge in [-0.3, -0.25) is 4.79 Å². The van der Waals surface area contributed by atoms with Gasteiger partial charge in [-0.25, -0.2) is 4.79 Å². The van der Waals surface area contributed by atoms with Gasteiger partial charge in [-0.1, -0.05) is 34.4 Å². The van der Waals surface area contributed by atoms with Crippen LogP contribution in [0.25, 0.3) is 0 Å². The molecule has 1 heterocycles. The molecule has 1 aliphatic rings. The number of fused-ring (bicyclic) bond motifs is 1. The van der Waals surface area contributed by atoms with E-state index in [9.17, 15) is 14.7 Å². The molecule has 0 fully saturated rings. The van der Waals surface area contributed by atoms with Crippen LogP contribution in [0.3, 0.4) is 0 Å². The van der Waals surface area contributed by atoms with Gasteiger partial charge in [0.05, 0.1) is 10.0 Å². The highest BCUT2D eigenvalue weighted by molar-refractivity contribution is 6.42. The van der Waals surface area contributed by atoms with Crippen LogP contribution in [0.5, 0.6) is 0 Å². The quantitative estimate of drug-likeness (QED) is 0.842. The van der Waals surface area contributed by atoms with Crippen LogP contribution >= 0.6 is 23.2 Å². The van der Waals surface area contributed by atoms with E-state index in [1.807, 2.05) is 0 Å². The van der Waals surface area contributed by atoms with Gasteiger partial charge in [-0.2, -0.15) is 0 Å². The molecule has 1 aromatic carbocycles. The van der Waals surface area contributed by atoms with E-state index in [2.05, 4.69) is 10.5 Å². The molecule has 8 heteroatoms. The predicted octanol–water partition coefficient (Wildman–Crippen LogP) is 3.59. The van der Waals surface area contributed by atoms with Gasteiger partial charge in [0.1, 0.15) is 5.76 Å². The smallest absolute Gasteiger partial charge is 0.333 e. The summed E-state index contributed by atoms with van der Waals surface area (Å²) in [6.07, 6.45) is 3.35. The summed E-state index contributed by atoms with van der Waals surface area (Å²) in [5.74, 6) is -1.12. The second-order valence-corrected chi connectivity index (χ2v) is 6.97. The number of aryl methyl sites for hydroxylation is 1. The Morgan fingerprint density at radius 3 is 2.64 bits per heavy atom. The van der Waals surface area contributed by atoms with E-state index >= 15 is 0 Å². The molecular formula is C17H16Cl2N2O4. The Kier molecular flexibility index (Phi) is 4.75. The molecule has 1 atom stereocenters. The molecule has 1 amide bonds. The number of halogens is 2. The number of carbonyl (C=O) groups excluding carboxylic acids is 1. The molecule has 6 nitrogen and oxygen atoms in total. The lowest BCUT2D eigenvalue weighted by Gasteiger charge is -2.27. The fraction of sp³-hybridized carbons (Fsp3) is 0.353. The molecule has 0 spiro atoms. The first-order valence-electron chi connectivity index (χ1n) is 7.82. The van der Waals surface area contributed by atoms with E-state index in [0.29, 0.717) is 22.8 Å². The number of carbonyl (C=O) groups is 2. The van der Waals surface area contributed by atoms with E-state index < -0.39 is 17.4 Å². The molecule has 2 aromatic rings. The van der Waals surface area contributed by atoms with Crippen LogP contribution in [-0.2, 0) is 23.2 Å². The van der Waals surface area contributed by atoms with Crippen molar-refractivity contribution in [1.29, 1.82) is 0 Å². The van der Waals surface area contributed by atoms with Gasteiger partial charge in [0.2, 0.25) is 0 Å². The van der Waals surface area contributed by atoms with Crippen molar-refractivity contribution < 1.29 is 19.2 Å². The van der Waals surface area contributed by atoms with Crippen LogP contribution in [-0.4, -0.2) is 22.1 Å². The minimum Gasteiger partial charge on any atom is -0.479 e. The molecule has 3 rings (SSSR count). The zero-order chi connectivity index (χ0) is 18.2. The molecule has 0 saturated heterocycles. The largest absolute Gasteiger partial charge is 0.479 e. The third kappa shape index (κ3) is 3.24. The molecule has 0 saturated carbocycles. The molecule has 0 radical (unpaired) electrons. The van der Waals surface area contributed by atoms with Gasteiger partial charge < -0.3 is 14.9 Å². The number of amides is 1. The minimum absolute atomic E-state index is 0.141. The van der Waals surface area contributed by atoms with Crippen LogP contribution in [0.2, 0.25) is 10.0 Å². The predicted molar refractivity (Wildman–Crippen MR) is 92.1 cm³/mol. The van der Waals surface area contributed by atoms with Crippen molar-refractivity contribution >= 4 is 35.1 Å². The van der Waals surface area contributed by atoms with Crippen LogP contribution in [0.4, 0.5) is 0 Å². The molecule has 0 bridgehead atoms. The van der Waals surface area contributed by atoms with Gasteiger partial charge in [-0.15, -0.1) is 0 Å². The highest BCUT2D eigenvalue weighted by Crippen LogP contribution is 2.30. The standard InChI is InChI=1S/C17H16Cl2N2O4/c1-17(16(23)24,9-6-7-11(18)12(19)8-9)20-15(22)14-10-4-2-3-5-13(10)25-21-14/h6-8H,2-5H2,1H3,(H,20,22)(H,23,24). The SMILES string of the molecule is CC(NC(=O)c1noc2c1CCCC2)(C(=O)O)c1ccc(Cl)c(Cl)c1. The lowest BCUT2D eigenvalue weighted by atomic mass is 9.91. The molecule has 1 aliphatic carbocycles. The lowest BCUT2D eigenvalue weighted by molar-refractivity contribution is -0.144. The summed E-state index contributed by atoms with van der Waals surface area (Å²) in [4.78, 5) is 24.5. The van der Waals surface area contributed by atoms with Gasteiger partial charge in [0.25, 0.3) is 5.91 Å². The zero-order valence-corrected chi connectivity index (χ0v) is 14.9. The maximum Gasteiger partial charge on any atom is 0.333 e. The van der Waals surface area contributed by atoms with Crippen LogP contribution in [0.15, 0.2) is 22.7 Å². The van der Waals surface area contributed by atoms with Crippen LogP contribution < -0.4 is 5.32 Å². The van der Waals surface area contributed by atoms with E-state index in [-0.39, 0.29) is 10.7 Å². The Morgan fingerprint density at radius 2 is 1.96 bits per heavy atom. The fourth-order valence-corrected chi connectivity index (χ4v) is 3.20. The monoisotopic (exact) mass is 382 g/mol. The average molecular weight is 383 g/mol. The van der Waals surface area contributed by atoms with Crippen molar-refractivity contribution in [2.75, 3.05) is 0 Å². The van der Waals surface area contributed by atoms with Gasteiger partial charge >= 0.3 is 5.97 Å². The second-order valence-electron chi connectivity index (χ2n) is 6.15. The number of carboxylic acids is 1. The first-order chi connectivity index (χ1) is 11.8. The third-order valence-electron chi connectivity index (χ3n) is 4.45. The van der Waals surface area contributed by atoms with Crippen molar-refractivity contribution in [1.82, 2.24) is 10.5 Å².